The maximum atomic E-state index is 12.1. The molecule has 2 N–H and O–H groups in total. The van der Waals surface area contributed by atoms with Crippen molar-refractivity contribution in [2.24, 2.45) is 0 Å². The van der Waals surface area contributed by atoms with Gasteiger partial charge in [0.05, 0.1) is 17.1 Å². The summed E-state index contributed by atoms with van der Waals surface area (Å²) in [7, 11) is 0. The van der Waals surface area contributed by atoms with Gasteiger partial charge in [-0.1, -0.05) is 53.5 Å². The fraction of sp³-hybridized carbons (Fsp3) is 0.417. The second kappa shape index (κ2) is 12.8. The molecule has 0 unspecified atom stereocenters. The van der Waals surface area contributed by atoms with Crippen LogP contribution in [0, 0.1) is 0 Å². The first kappa shape index (κ1) is 24.5. The third kappa shape index (κ3) is 8.10. The Morgan fingerprint density at radius 1 is 0.875 bits per heavy atom. The molecule has 3 rings (SSSR count). The lowest BCUT2D eigenvalue weighted by Gasteiger charge is -2.34. The maximum absolute atomic E-state index is 12.1. The minimum Gasteiger partial charge on any atom is -0.355 e. The van der Waals surface area contributed by atoms with Crippen LogP contribution in [0.1, 0.15) is 28.8 Å². The normalized spacial score (nSPS) is 14.8. The molecular formula is C24H30Cl2N4O2. The average Bonchev–Trinajstić information content (AvgIpc) is 2.79. The summed E-state index contributed by atoms with van der Waals surface area (Å²) in [6.45, 7) is 6.91. The van der Waals surface area contributed by atoms with Crippen LogP contribution in [0.15, 0.2) is 48.5 Å². The number of halogens is 2. The van der Waals surface area contributed by atoms with Crippen molar-refractivity contribution in [2.45, 2.75) is 19.4 Å². The van der Waals surface area contributed by atoms with E-state index in [1.54, 1.807) is 12.1 Å². The third-order valence-electron chi connectivity index (χ3n) is 5.52. The Hall–Kier alpha value is -2.12. The molecule has 1 fully saturated rings. The number of carbonyl (C=O) groups is 2. The minimum atomic E-state index is -0.395. The Balaban J connectivity index is 1.23. The summed E-state index contributed by atoms with van der Waals surface area (Å²) in [6, 6.07) is 15.2. The van der Waals surface area contributed by atoms with E-state index in [9.17, 15) is 9.59 Å². The van der Waals surface area contributed by atoms with E-state index in [0.717, 1.165) is 52.1 Å². The first-order valence-electron chi connectivity index (χ1n) is 11.0. The van der Waals surface area contributed by atoms with Crippen molar-refractivity contribution < 1.29 is 9.59 Å². The molecule has 0 saturated carbocycles. The summed E-state index contributed by atoms with van der Waals surface area (Å²) in [4.78, 5) is 29.1. The number of rotatable bonds is 10. The summed E-state index contributed by atoms with van der Waals surface area (Å²) < 4.78 is 0. The second-order valence-electron chi connectivity index (χ2n) is 7.97. The standard InChI is InChI=1S/C24H30Cl2N4O2/c25-20-8-9-21(22(26)16-20)24(32)28-17-23(31)27-10-4-5-11-29-12-14-30(15-13-29)18-19-6-2-1-3-7-19/h1-3,6-9,16H,4-5,10-15,17-18H2,(H,27,31)(H,28,32). The van der Waals surface area contributed by atoms with Crippen LogP contribution >= 0.6 is 23.2 Å². The van der Waals surface area contributed by atoms with Crippen LogP contribution in [-0.2, 0) is 11.3 Å². The van der Waals surface area contributed by atoms with Crippen molar-refractivity contribution in [1.29, 1.82) is 0 Å². The van der Waals surface area contributed by atoms with Crippen molar-refractivity contribution in [2.75, 3.05) is 45.8 Å². The summed E-state index contributed by atoms with van der Waals surface area (Å²) in [6.07, 6.45) is 1.94. The highest BCUT2D eigenvalue weighted by molar-refractivity contribution is 6.36. The van der Waals surface area contributed by atoms with Crippen LogP contribution in [0.25, 0.3) is 0 Å². The third-order valence-corrected chi connectivity index (χ3v) is 6.07. The number of hydrogen-bond acceptors (Lipinski definition) is 4. The number of carbonyl (C=O) groups excluding carboxylic acids is 2. The van der Waals surface area contributed by atoms with E-state index < -0.39 is 5.91 Å². The van der Waals surface area contributed by atoms with E-state index >= 15 is 0 Å². The number of unbranched alkanes of at least 4 members (excludes halogenated alkanes) is 1. The zero-order valence-corrected chi connectivity index (χ0v) is 19.7. The Labute approximate surface area is 199 Å². The van der Waals surface area contributed by atoms with Crippen LogP contribution in [0.5, 0.6) is 0 Å². The molecule has 0 spiro atoms. The van der Waals surface area contributed by atoms with Crippen LogP contribution in [0.3, 0.4) is 0 Å². The smallest absolute Gasteiger partial charge is 0.253 e. The molecule has 172 valence electrons. The van der Waals surface area contributed by atoms with Crippen LogP contribution in [0.2, 0.25) is 10.0 Å². The van der Waals surface area contributed by atoms with Gasteiger partial charge in [-0.25, -0.2) is 0 Å². The number of amides is 2. The molecule has 1 aliphatic heterocycles. The van der Waals surface area contributed by atoms with Crippen LogP contribution in [-0.4, -0.2) is 67.4 Å². The van der Waals surface area contributed by atoms with Crippen molar-refractivity contribution >= 4 is 35.0 Å². The monoisotopic (exact) mass is 476 g/mol. The molecule has 0 bridgehead atoms. The second-order valence-corrected chi connectivity index (χ2v) is 8.81. The predicted molar refractivity (Wildman–Crippen MR) is 129 cm³/mol. The van der Waals surface area contributed by atoms with Gasteiger partial charge >= 0.3 is 0 Å². The Bertz CT molecular complexity index is 887. The molecular weight excluding hydrogens is 447 g/mol. The van der Waals surface area contributed by atoms with Gasteiger partial charge in [0.2, 0.25) is 5.91 Å². The Kier molecular flexibility index (Phi) is 9.81. The lowest BCUT2D eigenvalue weighted by atomic mass is 10.2. The number of hydrogen-bond donors (Lipinski definition) is 2. The molecule has 2 aromatic rings. The zero-order valence-electron chi connectivity index (χ0n) is 18.2. The van der Waals surface area contributed by atoms with E-state index in [2.05, 4.69) is 50.8 Å². The van der Waals surface area contributed by atoms with Gasteiger partial charge in [0.15, 0.2) is 0 Å². The molecule has 0 atom stereocenters. The van der Waals surface area contributed by atoms with Crippen LogP contribution < -0.4 is 10.6 Å². The molecule has 1 heterocycles. The van der Waals surface area contributed by atoms with Gasteiger partial charge in [0, 0.05) is 44.3 Å². The molecule has 32 heavy (non-hydrogen) atoms. The van der Waals surface area contributed by atoms with Gasteiger partial charge in [-0.05, 0) is 43.1 Å². The Morgan fingerprint density at radius 3 is 2.31 bits per heavy atom. The molecule has 0 aliphatic carbocycles. The average molecular weight is 477 g/mol. The number of piperazine rings is 1. The predicted octanol–water partition coefficient (Wildman–Crippen LogP) is 3.44. The Morgan fingerprint density at radius 2 is 1.59 bits per heavy atom. The molecule has 0 radical (unpaired) electrons. The minimum absolute atomic E-state index is 0.0822. The molecule has 6 nitrogen and oxygen atoms in total. The fourth-order valence-corrected chi connectivity index (χ4v) is 4.19. The molecule has 8 heteroatoms. The van der Waals surface area contributed by atoms with Gasteiger partial charge in [-0.15, -0.1) is 0 Å². The van der Waals surface area contributed by atoms with Gasteiger partial charge in [0.25, 0.3) is 5.91 Å². The van der Waals surface area contributed by atoms with Crippen molar-refractivity contribution in [3.05, 3.63) is 69.7 Å². The highest BCUT2D eigenvalue weighted by Gasteiger charge is 2.16. The molecule has 2 aromatic carbocycles. The molecule has 0 aromatic heterocycles. The van der Waals surface area contributed by atoms with Crippen molar-refractivity contribution in [3.63, 3.8) is 0 Å². The summed E-state index contributed by atoms with van der Waals surface area (Å²) >= 11 is 11.8. The van der Waals surface area contributed by atoms with E-state index in [4.69, 9.17) is 23.2 Å². The molecule has 1 saturated heterocycles. The first-order valence-corrected chi connectivity index (χ1v) is 11.8. The molecule has 1 aliphatic rings. The number of nitrogens with zero attached hydrogens (tertiary/aromatic N) is 2. The highest BCUT2D eigenvalue weighted by atomic mass is 35.5. The SMILES string of the molecule is O=C(CNC(=O)c1ccc(Cl)cc1Cl)NCCCCN1CCN(Cc2ccccc2)CC1. The number of nitrogens with one attached hydrogen (secondary N) is 2. The van der Waals surface area contributed by atoms with Gasteiger partial charge in [-0.2, -0.15) is 0 Å². The maximum Gasteiger partial charge on any atom is 0.253 e. The molecule has 2 amide bonds. The summed E-state index contributed by atoms with van der Waals surface area (Å²) in [5.74, 6) is -0.605. The van der Waals surface area contributed by atoms with Crippen molar-refractivity contribution in [1.82, 2.24) is 20.4 Å². The van der Waals surface area contributed by atoms with Gasteiger partial charge < -0.3 is 15.5 Å². The van der Waals surface area contributed by atoms with E-state index in [0.29, 0.717) is 17.1 Å². The fourth-order valence-electron chi connectivity index (χ4n) is 3.69. The summed E-state index contributed by atoms with van der Waals surface area (Å²) in [5.41, 5.74) is 1.66. The topological polar surface area (TPSA) is 64.7 Å². The van der Waals surface area contributed by atoms with E-state index in [1.807, 2.05) is 0 Å². The van der Waals surface area contributed by atoms with Gasteiger partial charge in [0.1, 0.15) is 0 Å². The summed E-state index contributed by atoms with van der Waals surface area (Å²) in [5, 5.41) is 6.15. The largest absolute Gasteiger partial charge is 0.355 e. The lowest BCUT2D eigenvalue weighted by molar-refractivity contribution is -0.120. The highest BCUT2D eigenvalue weighted by Crippen LogP contribution is 2.20. The van der Waals surface area contributed by atoms with Gasteiger partial charge in [-0.3, -0.25) is 14.5 Å². The quantitative estimate of drug-likeness (QED) is 0.515. The first-order chi connectivity index (χ1) is 15.5. The van der Waals surface area contributed by atoms with E-state index in [-0.39, 0.29) is 17.5 Å². The van der Waals surface area contributed by atoms with Crippen molar-refractivity contribution in [3.8, 4) is 0 Å². The van der Waals surface area contributed by atoms with Crippen LogP contribution in [0.4, 0.5) is 0 Å². The lowest BCUT2D eigenvalue weighted by Crippen LogP contribution is -2.46. The van der Waals surface area contributed by atoms with E-state index in [1.165, 1.54) is 11.6 Å². The number of benzene rings is 2. The zero-order chi connectivity index (χ0) is 22.8.